The summed E-state index contributed by atoms with van der Waals surface area (Å²) in [6, 6.07) is 4.97. The van der Waals surface area contributed by atoms with Crippen LogP contribution in [0.1, 0.15) is 0 Å². The lowest BCUT2D eigenvalue weighted by Gasteiger charge is -2.07. The Hall–Kier alpha value is -0.160. The first-order chi connectivity index (χ1) is 5.61. The lowest BCUT2D eigenvalue weighted by atomic mass is 10.3. The van der Waals surface area contributed by atoms with Gasteiger partial charge in [-0.25, -0.2) is 0 Å². The smallest absolute Gasteiger partial charge is 0.387 e. The van der Waals surface area contributed by atoms with Gasteiger partial charge >= 0.3 is 6.61 Å². The molecule has 0 saturated heterocycles. The Morgan fingerprint density at radius 2 is 1.67 bits per heavy atom. The summed E-state index contributed by atoms with van der Waals surface area (Å²) in [5.74, 6) is 0.118. The van der Waals surface area contributed by atoms with Crippen molar-refractivity contribution in [3.05, 3.63) is 27.1 Å². The molecule has 0 N–H and O–H groups in total. The normalized spacial score (nSPS) is 10.4. The zero-order valence-electron chi connectivity index (χ0n) is 5.73. The van der Waals surface area contributed by atoms with Crippen molar-refractivity contribution in [2.45, 2.75) is 6.61 Å². The van der Waals surface area contributed by atoms with Crippen LogP contribution < -0.4 is 4.74 Å². The number of hydrogen-bond donors (Lipinski definition) is 0. The minimum atomic E-state index is -2.81. The van der Waals surface area contributed by atoms with Gasteiger partial charge in [-0.1, -0.05) is 6.07 Å². The van der Waals surface area contributed by atoms with Gasteiger partial charge in [-0.2, -0.15) is 8.78 Å². The second-order valence-electron chi connectivity index (χ2n) is 1.93. The molecule has 0 fully saturated rings. The average Bonchev–Trinajstić information content (AvgIpc) is 1.97. The van der Waals surface area contributed by atoms with Crippen LogP contribution in [0.3, 0.4) is 0 Å². The Morgan fingerprint density at radius 1 is 1.17 bits per heavy atom. The molecule has 12 heavy (non-hydrogen) atoms. The van der Waals surface area contributed by atoms with Gasteiger partial charge in [0.25, 0.3) is 0 Å². The van der Waals surface area contributed by atoms with Gasteiger partial charge in [0.1, 0.15) is 0 Å². The van der Waals surface area contributed by atoms with Crippen molar-refractivity contribution in [3.63, 3.8) is 0 Å². The topological polar surface area (TPSA) is 9.23 Å². The summed E-state index contributed by atoms with van der Waals surface area (Å²) in [5, 5.41) is 0. The highest BCUT2D eigenvalue weighted by Gasteiger charge is 2.10. The summed E-state index contributed by atoms with van der Waals surface area (Å²) >= 11 is 6.17. The van der Waals surface area contributed by atoms with Gasteiger partial charge in [0.2, 0.25) is 0 Å². The number of ether oxygens (including phenoxy) is 1. The van der Waals surface area contributed by atoms with Gasteiger partial charge in [0.15, 0.2) is 5.75 Å². The number of alkyl halides is 2. The molecule has 66 valence electrons. The Morgan fingerprint density at radius 3 is 2.08 bits per heavy atom. The number of para-hydroxylation sites is 1. The third-order valence-electron chi connectivity index (χ3n) is 1.13. The molecule has 0 atom stereocenters. The number of rotatable bonds is 2. The van der Waals surface area contributed by atoms with E-state index in [1.165, 1.54) is 0 Å². The fraction of sp³-hybridized carbons (Fsp3) is 0.143. The zero-order valence-corrected chi connectivity index (χ0v) is 8.90. The summed E-state index contributed by atoms with van der Waals surface area (Å²) in [4.78, 5) is 0. The molecule has 0 spiro atoms. The van der Waals surface area contributed by atoms with E-state index in [1.54, 1.807) is 18.2 Å². The molecule has 1 rings (SSSR count). The number of hydrogen-bond acceptors (Lipinski definition) is 1. The summed E-state index contributed by atoms with van der Waals surface area (Å²) in [6.45, 7) is -2.81. The van der Waals surface area contributed by atoms with E-state index >= 15 is 0 Å². The van der Waals surface area contributed by atoms with Crippen LogP contribution in [-0.2, 0) is 0 Å². The van der Waals surface area contributed by atoms with Gasteiger partial charge in [-0.15, -0.1) is 0 Å². The Bertz CT molecular complexity index is 258. The highest BCUT2D eigenvalue weighted by atomic mass is 79.9. The van der Waals surface area contributed by atoms with Crippen LogP contribution >= 0.6 is 31.9 Å². The average molecular weight is 302 g/mol. The second-order valence-corrected chi connectivity index (χ2v) is 3.64. The standard InChI is InChI=1S/C7H4Br2F2O/c8-4-2-1-3-5(9)6(4)12-7(10)11/h1-3,7H. The van der Waals surface area contributed by atoms with Crippen LogP contribution in [0.25, 0.3) is 0 Å². The molecule has 0 aliphatic carbocycles. The summed E-state index contributed by atoms with van der Waals surface area (Å²) < 4.78 is 28.9. The van der Waals surface area contributed by atoms with Gasteiger partial charge in [-0.3, -0.25) is 0 Å². The van der Waals surface area contributed by atoms with E-state index in [2.05, 4.69) is 36.6 Å². The fourth-order valence-corrected chi connectivity index (χ4v) is 1.87. The minimum absolute atomic E-state index is 0.118. The maximum absolute atomic E-state index is 11.8. The Kier molecular flexibility index (Phi) is 3.46. The Labute approximate surface area is 85.0 Å². The van der Waals surface area contributed by atoms with Crippen molar-refractivity contribution in [1.82, 2.24) is 0 Å². The molecule has 0 heterocycles. The van der Waals surface area contributed by atoms with E-state index in [0.29, 0.717) is 8.95 Å². The van der Waals surface area contributed by atoms with Crippen molar-refractivity contribution in [1.29, 1.82) is 0 Å². The van der Waals surface area contributed by atoms with E-state index in [4.69, 9.17) is 0 Å². The van der Waals surface area contributed by atoms with Crippen molar-refractivity contribution < 1.29 is 13.5 Å². The molecule has 0 unspecified atom stereocenters. The first kappa shape index (κ1) is 9.92. The fourth-order valence-electron chi connectivity index (χ4n) is 0.684. The van der Waals surface area contributed by atoms with Crippen LogP contribution in [0.15, 0.2) is 27.1 Å². The van der Waals surface area contributed by atoms with Crippen molar-refractivity contribution >= 4 is 31.9 Å². The zero-order chi connectivity index (χ0) is 9.14. The molecular formula is C7H4Br2F2O. The maximum Gasteiger partial charge on any atom is 0.387 e. The summed E-state index contributed by atoms with van der Waals surface area (Å²) in [7, 11) is 0. The van der Waals surface area contributed by atoms with Gasteiger partial charge in [0.05, 0.1) is 8.95 Å². The largest absolute Gasteiger partial charge is 0.432 e. The van der Waals surface area contributed by atoms with Crippen LogP contribution in [0.4, 0.5) is 8.78 Å². The first-order valence-electron chi connectivity index (χ1n) is 3.00. The lowest BCUT2D eigenvalue weighted by molar-refractivity contribution is -0.0508. The summed E-state index contributed by atoms with van der Waals surface area (Å²) in [6.07, 6.45) is 0. The molecule has 0 aromatic heterocycles. The predicted molar refractivity (Wildman–Crippen MR) is 48.5 cm³/mol. The molecule has 0 aliphatic heterocycles. The van der Waals surface area contributed by atoms with Crippen LogP contribution in [-0.4, -0.2) is 6.61 Å². The molecule has 5 heteroatoms. The van der Waals surface area contributed by atoms with Crippen LogP contribution in [0.2, 0.25) is 0 Å². The van der Waals surface area contributed by atoms with E-state index in [-0.39, 0.29) is 5.75 Å². The van der Waals surface area contributed by atoms with E-state index in [9.17, 15) is 8.78 Å². The van der Waals surface area contributed by atoms with Gasteiger partial charge in [-0.05, 0) is 44.0 Å². The van der Waals surface area contributed by atoms with E-state index < -0.39 is 6.61 Å². The van der Waals surface area contributed by atoms with E-state index in [1.807, 2.05) is 0 Å². The van der Waals surface area contributed by atoms with E-state index in [0.717, 1.165) is 0 Å². The van der Waals surface area contributed by atoms with Crippen LogP contribution in [0.5, 0.6) is 5.75 Å². The molecule has 1 nitrogen and oxygen atoms in total. The highest BCUT2D eigenvalue weighted by Crippen LogP contribution is 2.33. The van der Waals surface area contributed by atoms with Gasteiger partial charge in [0, 0.05) is 0 Å². The molecule has 0 bridgehead atoms. The van der Waals surface area contributed by atoms with Crippen molar-refractivity contribution in [2.24, 2.45) is 0 Å². The second kappa shape index (κ2) is 4.18. The van der Waals surface area contributed by atoms with Gasteiger partial charge < -0.3 is 4.74 Å². The third-order valence-corrected chi connectivity index (χ3v) is 2.37. The molecule has 1 aromatic carbocycles. The lowest BCUT2D eigenvalue weighted by Crippen LogP contribution is -2.02. The molecular weight excluding hydrogens is 298 g/mol. The first-order valence-corrected chi connectivity index (χ1v) is 4.58. The third kappa shape index (κ3) is 2.42. The monoisotopic (exact) mass is 300 g/mol. The molecule has 1 aromatic rings. The van der Waals surface area contributed by atoms with Crippen molar-refractivity contribution in [3.8, 4) is 5.75 Å². The highest BCUT2D eigenvalue weighted by molar-refractivity contribution is 9.11. The quantitative estimate of drug-likeness (QED) is 0.807. The number of benzene rings is 1. The van der Waals surface area contributed by atoms with Crippen molar-refractivity contribution in [2.75, 3.05) is 0 Å². The minimum Gasteiger partial charge on any atom is -0.432 e. The Balaban J connectivity index is 2.96. The summed E-state index contributed by atoms with van der Waals surface area (Å²) in [5.41, 5.74) is 0. The molecule has 0 aliphatic rings. The molecule has 0 saturated carbocycles. The SMILES string of the molecule is FC(F)Oc1c(Br)cccc1Br. The van der Waals surface area contributed by atoms with Crippen LogP contribution in [0, 0.1) is 0 Å². The molecule has 0 radical (unpaired) electrons. The molecule has 0 amide bonds. The predicted octanol–water partition coefficient (Wildman–Crippen LogP) is 3.81. The maximum atomic E-state index is 11.8. The number of halogens is 4.